The molecule has 6 heterocycles. The Balaban J connectivity index is 1.43. The van der Waals surface area contributed by atoms with E-state index in [0.717, 1.165) is 25.6 Å². The van der Waals surface area contributed by atoms with E-state index in [4.69, 9.17) is 5.73 Å². The summed E-state index contributed by atoms with van der Waals surface area (Å²) in [5, 5.41) is 15.2. The van der Waals surface area contributed by atoms with Gasteiger partial charge in [0.15, 0.2) is 17.4 Å². The van der Waals surface area contributed by atoms with Crippen LogP contribution in [0.3, 0.4) is 0 Å². The first kappa shape index (κ1) is 32.1. The molecule has 16 heteroatoms. The number of carboxylic acid groups (broad SMARTS) is 1. The molecule has 7 rings (SSSR count). The van der Waals surface area contributed by atoms with Crippen LogP contribution >= 0.6 is 0 Å². The molecule has 0 unspecified atom stereocenters. The van der Waals surface area contributed by atoms with E-state index in [-0.39, 0.29) is 58.9 Å². The number of nitrogens with zero attached hydrogens (tertiary/aromatic N) is 5. The highest BCUT2D eigenvalue weighted by Gasteiger charge is 2.42. The molecule has 0 radical (unpaired) electrons. The number of amides is 1. The average molecular weight is 674 g/mol. The maximum absolute atomic E-state index is 16.0. The SMILES string of the molecule is CN1C[C@H]2CCN(c3c(-c4cnc5c(c4)c(=O)c(C(=O)O)cn5C)cnc4[nH]c5c(NCC(=O)CNC(=O)CN)cc(F)c(F)c5c34)[C@H]2C1. The van der Waals surface area contributed by atoms with E-state index < -0.39 is 40.3 Å². The molecule has 6 N–H and O–H groups in total. The summed E-state index contributed by atoms with van der Waals surface area (Å²) in [4.78, 5) is 65.7. The fourth-order valence-corrected chi connectivity index (χ4v) is 7.23. The second-order valence-electron chi connectivity index (χ2n) is 12.6. The van der Waals surface area contributed by atoms with Crippen molar-refractivity contribution in [2.45, 2.75) is 12.5 Å². The van der Waals surface area contributed by atoms with Gasteiger partial charge in [-0.05, 0) is 25.5 Å². The van der Waals surface area contributed by atoms with Crippen molar-refractivity contribution in [2.75, 3.05) is 56.5 Å². The Morgan fingerprint density at radius 2 is 1.90 bits per heavy atom. The Labute approximate surface area is 276 Å². The number of Topliss-reactive ketones (excluding diaryl/α,β-unsaturated/α-hetero) is 1. The van der Waals surface area contributed by atoms with E-state index in [1.54, 1.807) is 25.5 Å². The molecule has 4 aromatic heterocycles. The largest absolute Gasteiger partial charge is 0.477 e. The Hall–Kier alpha value is -5.48. The maximum atomic E-state index is 16.0. The number of likely N-dealkylation sites (N-methyl/N-ethyl adjacent to an activating group) is 1. The number of halogens is 2. The number of benzene rings is 1. The summed E-state index contributed by atoms with van der Waals surface area (Å²) in [5.74, 6) is -4.21. The molecule has 0 saturated carbocycles. The predicted octanol–water partition coefficient (Wildman–Crippen LogP) is 1.80. The lowest BCUT2D eigenvalue weighted by atomic mass is 9.99. The number of likely N-dealkylation sites (tertiary alicyclic amines) is 1. The number of aromatic amines is 1. The van der Waals surface area contributed by atoms with Crippen molar-refractivity contribution in [3.8, 4) is 11.1 Å². The molecule has 49 heavy (non-hydrogen) atoms. The van der Waals surface area contributed by atoms with Crippen LogP contribution in [0.4, 0.5) is 20.2 Å². The summed E-state index contributed by atoms with van der Waals surface area (Å²) in [6.07, 6.45) is 5.22. The van der Waals surface area contributed by atoms with Gasteiger partial charge < -0.3 is 40.8 Å². The van der Waals surface area contributed by atoms with Crippen LogP contribution in [-0.4, -0.2) is 99.5 Å². The molecular weight excluding hydrogens is 640 g/mol. The van der Waals surface area contributed by atoms with E-state index >= 15 is 8.78 Å². The fraction of sp³-hybridized carbons (Fsp3) is 0.333. The first-order chi connectivity index (χ1) is 23.5. The molecule has 2 fully saturated rings. The number of anilines is 2. The van der Waals surface area contributed by atoms with E-state index in [2.05, 4.69) is 35.4 Å². The fourth-order valence-electron chi connectivity index (χ4n) is 7.23. The first-order valence-electron chi connectivity index (χ1n) is 15.7. The number of aryl methyl sites for hydroxylation is 1. The number of rotatable bonds is 9. The number of nitrogens with two attached hydrogens (primary N) is 1. The van der Waals surface area contributed by atoms with Crippen molar-refractivity contribution in [3.63, 3.8) is 0 Å². The van der Waals surface area contributed by atoms with Gasteiger partial charge in [-0.15, -0.1) is 0 Å². The Morgan fingerprint density at radius 3 is 2.65 bits per heavy atom. The maximum Gasteiger partial charge on any atom is 0.341 e. The van der Waals surface area contributed by atoms with Gasteiger partial charge in [-0.3, -0.25) is 14.4 Å². The highest BCUT2D eigenvalue weighted by atomic mass is 19.2. The topological polar surface area (TPSA) is 192 Å². The number of fused-ring (bicyclic) bond motifs is 5. The number of carbonyl (C=O) groups is 3. The third kappa shape index (κ3) is 5.42. The highest BCUT2D eigenvalue weighted by molar-refractivity contribution is 6.18. The minimum absolute atomic E-state index is 0.0507. The molecule has 1 aromatic carbocycles. The number of aromatic carboxylic acids is 1. The van der Waals surface area contributed by atoms with Crippen LogP contribution in [0.5, 0.6) is 0 Å². The summed E-state index contributed by atoms with van der Waals surface area (Å²) < 4.78 is 32.9. The number of aromatic nitrogens is 4. The van der Waals surface area contributed by atoms with Crippen molar-refractivity contribution >= 4 is 62.0 Å². The zero-order valence-corrected chi connectivity index (χ0v) is 26.6. The van der Waals surface area contributed by atoms with Gasteiger partial charge in [0, 0.05) is 68.5 Å². The lowest BCUT2D eigenvalue weighted by Gasteiger charge is -2.29. The normalized spacial score (nSPS) is 17.7. The molecule has 0 aliphatic carbocycles. The van der Waals surface area contributed by atoms with E-state index in [1.165, 1.54) is 10.8 Å². The first-order valence-corrected chi connectivity index (χ1v) is 15.7. The van der Waals surface area contributed by atoms with Crippen LogP contribution in [-0.2, 0) is 16.6 Å². The van der Waals surface area contributed by atoms with Gasteiger partial charge in [0.2, 0.25) is 11.3 Å². The highest BCUT2D eigenvalue weighted by Crippen LogP contribution is 2.47. The van der Waals surface area contributed by atoms with Crippen LogP contribution in [0.25, 0.3) is 44.1 Å². The third-order valence-corrected chi connectivity index (χ3v) is 9.48. The Kier molecular flexibility index (Phi) is 7.99. The van der Waals surface area contributed by atoms with Crippen molar-refractivity contribution < 1.29 is 28.3 Å². The average Bonchev–Trinajstić information content (AvgIpc) is 3.77. The van der Waals surface area contributed by atoms with Crippen LogP contribution in [0.2, 0.25) is 0 Å². The molecule has 2 aliphatic rings. The number of H-pyrrole nitrogens is 1. The van der Waals surface area contributed by atoms with Crippen molar-refractivity contribution in [1.82, 2.24) is 29.7 Å². The smallest absolute Gasteiger partial charge is 0.341 e. The van der Waals surface area contributed by atoms with Crippen molar-refractivity contribution in [2.24, 2.45) is 18.7 Å². The molecule has 2 atom stereocenters. The number of hydrogen-bond donors (Lipinski definition) is 5. The number of ketones is 1. The van der Waals surface area contributed by atoms with E-state index in [9.17, 15) is 24.3 Å². The Bertz CT molecular complexity index is 2270. The van der Waals surface area contributed by atoms with Crippen LogP contribution in [0.1, 0.15) is 16.8 Å². The quantitative estimate of drug-likeness (QED) is 0.153. The van der Waals surface area contributed by atoms with Gasteiger partial charge >= 0.3 is 5.97 Å². The van der Waals surface area contributed by atoms with Crippen LogP contribution < -0.4 is 26.7 Å². The standard InChI is InChI=1S/C33H33F2N9O5/c1-42-12-15-3-4-44(23(15)14-42)29-19(16-5-18-30(47)20(33(48)49)13-43(2)32(18)40-8-16)11-39-31-26(29)25-27(35)21(34)6-22(28(25)41-31)37-9-17(45)10-38-24(46)7-36/h5-6,8,11,13,15,23,37H,3-4,7,9-10,12,14,36H2,1-2H3,(H,38,46)(H,39,41)(H,48,49)/t15-,23+/m1/s1. The molecule has 5 aromatic rings. The Morgan fingerprint density at radius 1 is 1.10 bits per heavy atom. The van der Waals surface area contributed by atoms with Gasteiger partial charge in [0.25, 0.3) is 0 Å². The zero-order valence-electron chi connectivity index (χ0n) is 26.6. The van der Waals surface area contributed by atoms with Crippen LogP contribution in [0, 0.1) is 17.6 Å². The molecule has 254 valence electrons. The van der Waals surface area contributed by atoms with Crippen molar-refractivity contribution in [1.29, 1.82) is 0 Å². The van der Waals surface area contributed by atoms with E-state index in [0.29, 0.717) is 34.7 Å². The molecule has 14 nitrogen and oxygen atoms in total. The molecule has 1 amide bonds. The number of hydrogen-bond acceptors (Lipinski definition) is 10. The van der Waals surface area contributed by atoms with E-state index in [1.807, 2.05) is 7.05 Å². The second kappa shape index (κ2) is 12.2. The van der Waals surface area contributed by atoms with Gasteiger partial charge in [-0.25, -0.2) is 23.5 Å². The lowest BCUT2D eigenvalue weighted by molar-refractivity contribution is -0.123. The second-order valence-corrected chi connectivity index (χ2v) is 12.6. The van der Waals surface area contributed by atoms with Gasteiger partial charge in [0.05, 0.1) is 52.7 Å². The predicted molar refractivity (Wildman–Crippen MR) is 179 cm³/mol. The minimum Gasteiger partial charge on any atom is -0.477 e. The minimum atomic E-state index is -1.37. The molecule has 2 saturated heterocycles. The molecule has 2 aliphatic heterocycles. The number of pyridine rings is 3. The number of carboxylic acids is 1. The summed E-state index contributed by atoms with van der Waals surface area (Å²) >= 11 is 0. The van der Waals surface area contributed by atoms with Gasteiger partial charge in [-0.2, -0.15) is 0 Å². The summed E-state index contributed by atoms with van der Waals surface area (Å²) in [7, 11) is 3.63. The number of nitrogens with one attached hydrogen (secondary N) is 3. The third-order valence-electron chi connectivity index (χ3n) is 9.48. The monoisotopic (exact) mass is 673 g/mol. The zero-order chi connectivity index (χ0) is 34.7. The van der Waals surface area contributed by atoms with Gasteiger partial charge in [0.1, 0.15) is 16.9 Å². The lowest BCUT2D eigenvalue weighted by Crippen LogP contribution is -2.36. The van der Waals surface area contributed by atoms with Crippen LogP contribution in [0.15, 0.2) is 35.5 Å². The number of carbonyl (C=O) groups excluding carboxylic acids is 2. The summed E-state index contributed by atoms with van der Waals surface area (Å²) in [5.41, 5.74) is 6.55. The molecule has 0 bridgehead atoms. The summed E-state index contributed by atoms with van der Waals surface area (Å²) in [6.45, 7) is 1.38. The summed E-state index contributed by atoms with van der Waals surface area (Å²) in [6, 6.07) is 2.57. The molecule has 0 spiro atoms. The van der Waals surface area contributed by atoms with Gasteiger partial charge in [-0.1, -0.05) is 0 Å². The van der Waals surface area contributed by atoms with Crippen molar-refractivity contribution in [3.05, 3.63) is 58.1 Å². The molecular formula is C33H33F2N9O5.